The van der Waals surface area contributed by atoms with Crippen molar-refractivity contribution in [2.45, 2.75) is 51.5 Å². The number of nitrogens with zero attached hydrogens (tertiary/aromatic N) is 1. The largest absolute Gasteiger partial charge is 0.469 e. The zero-order valence-electron chi connectivity index (χ0n) is 11.9. The maximum absolute atomic E-state index is 11.0. The van der Waals surface area contributed by atoms with Gasteiger partial charge in [-0.1, -0.05) is 19.3 Å². The second-order valence-electron chi connectivity index (χ2n) is 4.57. The Morgan fingerprint density at radius 2 is 2.00 bits per heavy atom. The van der Waals surface area contributed by atoms with Gasteiger partial charge in [0, 0.05) is 12.6 Å². The van der Waals surface area contributed by atoms with Gasteiger partial charge in [0.15, 0.2) is 5.96 Å². The highest BCUT2D eigenvalue weighted by Crippen LogP contribution is 2.17. The van der Waals surface area contributed by atoms with E-state index in [1.807, 2.05) is 6.92 Å². The van der Waals surface area contributed by atoms with E-state index in [0.717, 1.165) is 12.5 Å². The summed E-state index contributed by atoms with van der Waals surface area (Å²) in [4.78, 5) is 15.4. The van der Waals surface area contributed by atoms with Crippen LogP contribution < -0.4 is 10.6 Å². The molecule has 0 aromatic heterocycles. The summed E-state index contributed by atoms with van der Waals surface area (Å²) in [6.07, 6.45) is 6.67. The molecule has 0 bridgehead atoms. The summed E-state index contributed by atoms with van der Waals surface area (Å²) in [5.41, 5.74) is 0. The molecule has 1 rings (SSSR count). The molecular formula is C13H26IN3O2. The van der Waals surface area contributed by atoms with Gasteiger partial charge in [0.1, 0.15) is 0 Å². The van der Waals surface area contributed by atoms with Crippen molar-refractivity contribution in [1.82, 2.24) is 10.6 Å². The first-order valence-electron chi connectivity index (χ1n) is 6.88. The summed E-state index contributed by atoms with van der Waals surface area (Å²) in [7, 11) is 1.40. The van der Waals surface area contributed by atoms with Gasteiger partial charge in [0.05, 0.1) is 20.1 Å². The van der Waals surface area contributed by atoms with Crippen LogP contribution in [0.4, 0.5) is 0 Å². The standard InChI is InChI=1S/C13H25N3O2.HI/c1-3-14-13(15-10-9-12(17)18-2)16-11-7-5-4-6-8-11;/h11H,3-10H2,1-2H3,(H2,14,15,16);1H. The van der Waals surface area contributed by atoms with E-state index in [4.69, 9.17) is 0 Å². The highest BCUT2D eigenvalue weighted by molar-refractivity contribution is 14.0. The number of halogens is 1. The average Bonchev–Trinajstić information content (AvgIpc) is 2.40. The molecule has 0 heterocycles. The van der Waals surface area contributed by atoms with Crippen LogP contribution in [-0.4, -0.2) is 38.2 Å². The van der Waals surface area contributed by atoms with Gasteiger partial charge in [-0.2, -0.15) is 0 Å². The summed E-state index contributed by atoms with van der Waals surface area (Å²) < 4.78 is 4.59. The average molecular weight is 383 g/mol. The van der Waals surface area contributed by atoms with Crippen molar-refractivity contribution in [3.05, 3.63) is 0 Å². The topological polar surface area (TPSA) is 62.7 Å². The lowest BCUT2D eigenvalue weighted by Crippen LogP contribution is -2.44. The molecule has 0 amide bonds. The molecule has 6 heteroatoms. The van der Waals surface area contributed by atoms with E-state index >= 15 is 0 Å². The fraction of sp³-hybridized carbons (Fsp3) is 0.846. The quantitative estimate of drug-likeness (QED) is 0.330. The van der Waals surface area contributed by atoms with Crippen molar-refractivity contribution in [1.29, 1.82) is 0 Å². The number of carbonyl (C=O) groups excluding carboxylic acids is 1. The maximum atomic E-state index is 11.0. The van der Waals surface area contributed by atoms with Crippen LogP contribution in [0.25, 0.3) is 0 Å². The first kappa shape index (κ1) is 18.5. The molecule has 0 saturated heterocycles. The first-order valence-corrected chi connectivity index (χ1v) is 6.88. The molecule has 0 spiro atoms. The molecule has 0 radical (unpaired) electrons. The van der Waals surface area contributed by atoms with Crippen LogP contribution in [0.15, 0.2) is 4.99 Å². The summed E-state index contributed by atoms with van der Waals surface area (Å²) in [6, 6.07) is 0.523. The summed E-state index contributed by atoms with van der Waals surface area (Å²) in [5.74, 6) is 0.598. The van der Waals surface area contributed by atoms with Crippen LogP contribution in [0.3, 0.4) is 0 Å². The molecule has 0 atom stereocenters. The molecule has 0 aliphatic heterocycles. The van der Waals surface area contributed by atoms with Gasteiger partial charge in [-0.25, -0.2) is 0 Å². The number of guanidine groups is 1. The lowest BCUT2D eigenvalue weighted by atomic mass is 9.96. The molecular weight excluding hydrogens is 357 g/mol. The highest BCUT2D eigenvalue weighted by atomic mass is 127. The van der Waals surface area contributed by atoms with Gasteiger partial charge in [0.25, 0.3) is 0 Å². The predicted octanol–water partition coefficient (Wildman–Crippen LogP) is 2.06. The van der Waals surface area contributed by atoms with E-state index in [0.29, 0.717) is 19.0 Å². The highest BCUT2D eigenvalue weighted by Gasteiger charge is 2.14. The van der Waals surface area contributed by atoms with Gasteiger partial charge in [-0.3, -0.25) is 9.79 Å². The smallest absolute Gasteiger partial charge is 0.307 e. The Labute approximate surface area is 133 Å². The molecule has 2 N–H and O–H groups in total. The van der Waals surface area contributed by atoms with E-state index in [2.05, 4.69) is 20.4 Å². The lowest BCUT2D eigenvalue weighted by molar-refractivity contribution is -0.140. The Morgan fingerprint density at radius 1 is 1.32 bits per heavy atom. The molecule has 0 unspecified atom stereocenters. The minimum absolute atomic E-state index is 0. The zero-order valence-corrected chi connectivity index (χ0v) is 14.2. The summed E-state index contributed by atoms with van der Waals surface area (Å²) in [6.45, 7) is 3.34. The molecule has 1 fully saturated rings. The normalized spacial score (nSPS) is 16.4. The van der Waals surface area contributed by atoms with E-state index in [9.17, 15) is 4.79 Å². The van der Waals surface area contributed by atoms with Crippen molar-refractivity contribution in [3.63, 3.8) is 0 Å². The fourth-order valence-corrected chi connectivity index (χ4v) is 2.12. The Balaban J connectivity index is 0.00000324. The molecule has 1 aliphatic carbocycles. The Morgan fingerprint density at radius 3 is 2.58 bits per heavy atom. The van der Waals surface area contributed by atoms with Crippen molar-refractivity contribution < 1.29 is 9.53 Å². The van der Waals surface area contributed by atoms with E-state index in [-0.39, 0.29) is 29.9 Å². The number of methoxy groups -OCH3 is 1. The predicted molar refractivity (Wildman–Crippen MR) is 88.0 cm³/mol. The molecule has 0 aromatic rings. The van der Waals surface area contributed by atoms with Crippen molar-refractivity contribution in [2.75, 3.05) is 20.2 Å². The zero-order chi connectivity index (χ0) is 13.2. The van der Waals surface area contributed by atoms with Crippen molar-refractivity contribution in [3.8, 4) is 0 Å². The van der Waals surface area contributed by atoms with Gasteiger partial charge in [0.2, 0.25) is 0 Å². The molecule has 1 aliphatic rings. The van der Waals surface area contributed by atoms with E-state index in [1.54, 1.807) is 0 Å². The number of carbonyl (C=O) groups is 1. The number of hydrogen-bond donors (Lipinski definition) is 2. The number of hydrogen-bond acceptors (Lipinski definition) is 3. The second kappa shape index (κ2) is 11.3. The van der Waals surface area contributed by atoms with Crippen LogP contribution in [0, 0.1) is 0 Å². The van der Waals surface area contributed by atoms with Crippen LogP contribution >= 0.6 is 24.0 Å². The Hall–Kier alpha value is -0.530. The van der Waals surface area contributed by atoms with Gasteiger partial charge in [-0.15, -0.1) is 24.0 Å². The third-order valence-corrected chi connectivity index (χ3v) is 3.10. The number of ether oxygens (including phenoxy) is 1. The number of aliphatic imine (C=N–C) groups is 1. The van der Waals surface area contributed by atoms with Crippen molar-refractivity contribution >= 4 is 35.9 Å². The minimum atomic E-state index is -0.215. The first-order chi connectivity index (χ1) is 8.76. The minimum Gasteiger partial charge on any atom is -0.469 e. The summed E-state index contributed by atoms with van der Waals surface area (Å²) in [5, 5.41) is 6.64. The van der Waals surface area contributed by atoms with E-state index in [1.165, 1.54) is 39.2 Å². The van der Waals surface area contributed by atoms with Crippen LogP contribution in [0.1, 0.15) is 45.4 Å². The van der Waals surface area contributed by atoms with Crippen LogP contribution in [0.2, 0.25) is 0 Å². The Bertz CT molecular complexity index is 279. The third-order valence-electron chi connectivity index (χ3n) is 3.10. The summed E-state index contributed by atoms with van der Waals surface area (Å²) >= 11 is 0. The number of nitrogens with one attached hydrogen (secondary N) is 2. The van der Waals surface area contributed by atoms with Gasteiger partial charge >= 0.3 is 5.97 Å². The molecule has 112 valence electrons. The van der Waals surface area contributed by atoms with Crippen LogP contribution in [-0.2, 0) is 9.53 Å². The molecule has 19 heavy (non-hydrogen) atoms. The third kappa shape index (κ3) is 8.28. The van der Waals surface area contributed by atoms with Gasteiger partial charge < -0.3 is 15.4 Å². The molecule has 1 saturated carbocycles. The SMILES string of the molecule is CCNC(=NCCC(=O)OC)NC1CCCCC1.I. The fourth-order valence-electron chi connectivity index (χ4n) is 2.12. The van der Waals surface area contributed by atoms with E-state index < -0.39 is 0 Å². The second-order valence-corrected chi connectivity index (χ2v) is 4.57. The molecule has 5 nitrogen and oxygen atoms in total. The lowest BCUT2D eigenvalue weighted by Gasteiger charge is -2.24. The monoisotopic (exact) mass is 383 g/mol. The van der Waals surface area contributed by atoms with Crippen molar-refractivity contribution in [2.24, 2.45) is 4.99 Å². The Kier molecular flexibility index (Phi) is 11.0. The van der Waals surface area contributed by atoms with Gasteiger partial charge in [-0.05, 0) is 19.8 Å². The maximum Gasteiger partial charge on any atom is 0.307 e. The number of esters is 1. The number of rotatable bonds is 5. The molecule has 0 aromatic carbocycles. The van der Waals surface area contributed by atoms with Crippen LogP contribution in [0.5, 0.6) is 0 Å².